The fraction of sp³-hybridized carbons (Fsp3) is 0.625. The molecule has 0 aromatic rings. The molecule has 0 spiro atoms. The molecule has 0 N–H and O–H groups in total. The molecule has 6 nitrogen and oxygen atoms in total. The van der Waals surface area contributed by atoms with Crippen LogP contribution in [-0.4, -0.2) is 38.2 Å². The normalized spacial score (nSPS) is 13.5. The third-order valence-electron chi connectivity index (χ3n) is 1.61. The Hall–Kier alpha value is -1.59. The first-order valence-corrected chi connectivity index (χ1v) is 4.03. The van der Waals surface area contributed by atoms with Gasteiger partial charge in [-0.3, -0.25) is 14.4 Å². The van der Waals surface area contributed by atoms with E-state index < -0.39 is 12.2 Å². The molecule has 0 bridgehead atoms. The number of carbonyl (C=O) groups is 3. The molecule has 2 unspecified atom stereocenters. The molecule has 0 amide bonds. The zero-order valence-electron chi connectivity index (χ0n) is 7.75. The number of hydrogen-bond donors (Lipinski definition) is 0. The minimum absolute atomic E-state index is 0.130. The summed E-state index contributed by atoms with van der Waals surface area (Å²) in [4.78, 5) is 30.1. The molecule has 0 aliphatic rings. The van der Waals surface area contributed by atoms with Crippen LogP contribution in [0, 0.1) is 0 Å². The van der Waals surface area contributed by atoms with Gasteiger partial charge < -0.3 is 14.2 Å². The molecular formula is C8H12O6. The summed E-state index contributed by atoms with van der Waals surface area (Å²) in [7, 11) is 0. The topological polar surface area (TPSA) is 78.9 Å². The first kappa shape index (κ1) is 12.4. The lowest BCUT2D eigenvalue weighted by Gasteiger charge is -2.21. The zero-order chi connectivity index (χ0) is 10.8. The van der Waals surface area contributed by atoms with Gasteiger partial charge in [0.1, 0.15) is 12.7 Å². The van der Waals surface area contributed by atoms with Crippen molar-refractivity contribution in [1.82, 2.24) is 0 Å². The highest BCUT2D eigenvalue weighted by Crippen LogP contribution is 2.07. The Balaban J connectivity index is 4.16. The number of carbonyl (C=O) groups excluding carboxylic acids is 3. The van der Waals surface area contributed by atoms with Gasteiger partial charge in [0.15, 0.2) is 6.10 Å². The van der Waals surface area contributed by atoms with Crippen LogP contribution in [0.15, 0.2) is 0 Å². The lowest BCUT2D eigenvalue weighted by Crippen LogP contribution is -2.34. The Bertz CT molecular complexity index is 181. The van der Waals surface area contributed by atoms with Crippen molar-refractivity contribution in [3.05, 3.63) is 0 Å². The molecule has 0 aliphatic carbocycles. The molecule has 0 fully saturated rings. The summed E-state index contributed by atoms with van der Waals surface area (Å²) in [6, 6.07) is 0. The number of hydrogen-bond acceptors (Lipinski definition) is 6. The molecule has 0 saturated heterocycles. The zero-order valence-corrected chi connectivity index (χ0v) is 7.75. The van der Waals surface area contributed by atoms with Gasteiger partial charge >= 0.3 is 0 Å². The summed E-state index contributed by atoms with van der Waals surface area (Å²) in [5, 5.41) is 0. The van der Waals surface area contributed by atoms with E-state index in [2.05, 4.69) is 14.2 Å². The quantitative estimate of drug-likeness (QED) is 0.377. The maximum atomic E-state index is 10.1. The predicted molar refractivity (Wildman–Crippen MR) is 44.2 cm³/mol. The van der Waals surface area contributed by atoms with Gasteiger partial charge in [-0.1, -0.05) is 6.92 Å². The van der Waals surface area contributed by atoms with E-state index in [1.54, 1.807) is 6.92 Å². The van der Waals surface area contributed by atoms with Crippen molar-refractivity contribution in [2.45, 2.75) is 25.6 Å². The van der Waals surface area contributed by atoms with Crippen LogP contribution in [-0.2, 0) is 28.6 Å². The van der Waals surface area contributed by atoms with Crippen molar-refractivity contribution in [2.75, 3.05) is 6.61 Å². The summed E-state index contributed by atoms with van der Waals surface area (Å²) in [5.41, 5.74) is 0. The van der Waals surface area contributed by atoms with E-state index in [9.17, 15) is 14.4 Å². The molecule has 80 valence electrons. The van der Waals surface area contributed by atoms with Gasteiger partial charge in [0.25, 0.3) is 19.4 Å². The van der Waals surface area contributed by atoms with Gasteiger partial charge in [0, 0.05) is 0 Å². The van der Waals surface area contributed by atoms with Gasteiger partial charge in [0.2, 0.25) is 0 Å². The molecule has 0 aromatic carbocycles. The Morgan fingerprint density at radius 2 is 1.57 bits per heavy atom. The average molecular weight is 204 g/mol. The first-order chi connectivity index (χ1) is 6.79. The summed E-state index contributed by atoms with van der Waals surface area (Å²) < 4.78 is 13.7. The Morgan fingerprint density at radius 1 is 1.00 bits per heavy atom. The van der Waals surface area contributed by atoms with Crippen LogP contribution in [0.4, 0.5) is 0 Å². The summed E-state index contributed by atoms with van der Waals surface area (Å²) in [6.45, 7) is 2.32. The van der Waals surface area contributed by atoms with Crippen LogP contribution in [0.25, 0.3) is 0 Å². The molecular weight excluding hydrogens is 192 g/mol. The van der Waals surface area contributed by atoms with Crippen LogP contribution < -0.4 is 0 Å². The van der Waals surface area contributed by atoms with Crippen molar-refractivity contribution in [3.8, 4) is 0 Å². The van der Waals surface area contributed by atoms with E-state index >= 15 is 0 Å². The molecule has 2 atom stereocenters. The van der Waals surface area contributed by atoms with E-state index in [1.165, 1.54) is 0 Å². The molecule has 0 rings (SSSR count). The van der Waals surface area contributed by atoms with Crippen LogP contribution in [0.2, 0.25) is 0 Å². The highest BCUT2D eigenvalue weighted by atomic mass is 16.6. The minimum Gasteiger partial charge on any atom is -0.464 e. The van der Waals surface area contributed by atoms with E-state index in [0.29, 0.717) is 6.42 Å². The van der Waals surface area contributed by atoms with E-state index in [4.69, 9.17) is 0 Å². The second kappa shape index (κ2) is 8.03. The highest BCUT2D eigenvalue weighted by Gasteiger charge is 2.23. The fourth-order valence-corrected chi connectivity index (χ4v) is 0.958. The molecule has 0 aromatic heterocycles. The summed E-state index contributed by atoms with van der Waals surface area (Å²) in [5.74, 6) is 0. The van der Waals surface area contributed by atoms with Crippen molar-refractivity contribution in [3.63, 3.8) is 0 Å². The van der Waals surface area contributed by atoms with Crippen LogP contribution in [0.1, 0.15) is 13.3 Å². The van der Waals surface area contributed by atoms with Gasteiger partial charge in [-0.25, -0.2) is 0 Å². The van der Waals surface area contributed by atoms with Gasteiger partial charge in [-0.2, -0.15) is 0 Å². The molecule has 0 heterocycles. The molecule has 6 heteroatoms. The monoisotopic (exact) mass is 204 g/mol. The largest absolute Gasteiger partial charge is 0.464 e. The molecule has 0 aliphatic heterocycles. The fourth-order valence-electron chi connectivity index (χ4n) is 0.958. The average Bonchev–Trinajstić information content (AvgIpc) is 2.21. The molecule has 0 saturated carbocycles. The Kier molecular flexibility index (Phi) is 7.12. The van der Waals surface area contributed by atoms with Gasteiger partial charge in [-0.05, 0) is 6.42 Å². The second-order valence-electron chi connectivity index (χ2n) is 2.38. The number of rotatable bonds is 9. The van der Waals surface area contributed by atoms with Crippen molar-refractivity contribution in [1.29, 1.82) is 0 Å². The van der Waals surface area contributed by atoms with E-state index in [1.807, 2.05) is 0 Å². The van der Waals surface area contributed by atoms with Gasteiger partial charge in [0.05, 0.1) is 0 Å². The molecule has 14 heavy (non-hydrogen) atoms. The van der Waals surface area contributed by atoms with E-state index in [-0.39, 0.29) is 26.0 Å². The number of ether oxygens (including phenoxy) is 3. The lowest BCUT2D eigenvalue weighted by atomic mass is 10.1. The maximum Gasteiger partial charge on any atom is 0.293 e. The third kappa shape index (κ3) is 4.44. The Labute approximate surface area is 81.1 Å². The van der Waals surface area contributed by atoms with E-state index in [0.717, 1.165) is 0 Å². The standard InChI is InChI=1S/C8H12O6/c1-2-7(13-5-10)8(14-6-11)3-12-4-9/h4-8H,2-3H2,1H3. The SMILES string of the molecule is CCC(OC=O)C(COC=O)OC=O. The third-order valence-corrected chi connectivity index (χ3v) is 1.61. The predicted octanol–water partition coefficient (Wildman–Crippen LogP) is -0.347. The van der Waals surface area contributed by atoms with Crippen molar-refractivity contribution >= 4 is 19.4 Å². The first-order valence-electron chi connectivity index (χ1n) is 4.03. The van der Waals surface area contributed by atoms with Crippen LogP contribution in [0.3, 0.4) is 0 Å². The highest BCUT2D eigenvalue weighted by molar-refractivity contribution is 5.40. The summed E-state index contributed by atoms with van der Waals surface area (Å²) >= 11 is 0. The molecule has 0 radical (unpaired) electrons. The van der Waals surface area contributed by atoms with Gasteiger partial charge in [-0.15, -0.1) is 0 Å². The Morgan fingerprint density at radius 3 is 2.00 bits per heavy atom. The maximum absolute atomic E-state index is 10.1. The smallest absolute Gasteiger partial charge is 0.293 e. The second-order valence-corrected chi connectivity index (χ2v) is 2.38. The van der Waals surface area contributed by atoms with Crippen LogP contribution in [0.5, 0.6) is 0 Å². The van der Waals surface area contributed by atoms with Crippen molar-refractivity contribution < 1.29 is 28.6 Å². The van der Waals surface area contributed by atoms with Crippen LogP contribution >= 0.6 is 0 Å². The summed E-state index contributed by atoms with van der Waals surface area (Å²) in [6.07, 6.45) is -0.898. The van der Waals surface area contributed by atoms with Crippen molar-refractivity contribution in [2.24, 2.45) is 0 Å². The minimum atomic E-state index is -0.757. The lowest BCUT2D eigenvalue weighted by molar-refractivity contribution is -0.158.